The minimum atomic E-state index is -0.105. The number of rotatable bonds is 5. The third-order valence-electron chi connectivity index (χ3n) is 5.66. The Labute approximate surface area is 191 Å². The summed E-state index contributed by atoms with van der Waals surface area (Å²) < 4.78 is 6.59. The number of fused-ring (bicyclic) bond motifs is 1. The van der Waals surface area contributed by atoms with E-state index in [1.807, 2.05) is 48.5 Å². The molecule has 3 aromatic carbocycles. The molecule has 32 heavy (non-hydrogen) atoms. The van der Waals surface area contributed by atoms with Gasteiger partial charge in [0, 0.05) is 36.4 Å². The number of morpholine rings is 1. The van der Waals surface area contributed by atoms with Gasteiger partial charge < -0.3 is 10.1 Å². The predicted molar refractivity (Wildman–Crippen MR) is 130 cm³/mol. The molecule has 1 aliphatic heterocycles. The molecule has 2 heterocycles. The fourth-order valence-corrected chi connectivity index (χ4v) is 4.90. The van der Waals surface area contributed by atoms with Gasteiger partial charge >= 0.3 is 0 Å². The van der Waals surface area contributed by atoms with Crippen LogP contribution in [0.3, 0.4) is 0 Å². The molecule has 4 aromatic rings. The third kappa shape index (κ3) is 4.72. The van der Waals surface area contributed by atoms with Crippen LogP contribution in [0.15, 0.2) is 66.7 Å². The molecule has 0 spiro atoms. The molecule has 6 heteroatoms. The van der Waals surface area contributed by atoms with E-state index in [2.05, 4.69) is 35.3 Å². The van der Waals surface area contributed by atoms with Crippen LogP contribution in [0.5, 0.6) is 0 Å². The largest absolute Gasteiger partial charge is 0.379 e. The SMILES string of the molecule is Cc1ccc2nc(-c3ccc(NC(=O)c4ccc(CN5CCOCC5)cc4)cc3)sc2c1. The van der Waals surface area contributed by atoms with Crippen molar-refractivity contribution < 1.29 is 9.53 Å². The summed E-state index contributed by atoms with van der Waals surface area (Å²) >= 11 is 1.69. The molecule has 1 saturated heterocycles. The lowest BCUT2D eigenvalue weighted by Crippen LogP contribution is -2.35. The first kappa shape index (κ1) is 20.8. The van der Waals surface area contributed by atoms with E-state index in [0.29, 0.717) is 5.56 Å². The number of benzene rings is 3. The third-order valence-corrected chi connectivity index (χ3v) is 6.73. The lowest BCUT2D eigenvalue weighted by Gasteiger charge is -2.26. The van der Waals surface area contributed by atoms with E-state index < -0.39 is 0 Å². The summed E-state index contributed by atoms with van der Waals surface area (Å²) in [6.45, 7) is 6.46. The molecule has 0 atom stereocenters. The maximum Gasteiger partial charge on any atom is 0.255 e. The molecule has 1 N–H and O–H groups in total. The number of nitrogens with zero attached hydrogens (tertiary/aromatic N) is 2. The number of carbonyl (C=O) groups excluding carboxylic acids is 1. The van der Waals surface area contributed by atoms with Crippen LogP contribution in [0.1, 0.15) is 21.5 Å². The first-order valence-corrected chi connectivity index (χ1v) is 11.6. The summed E-state index contributed by atoms with van der Waals surface area (Å²) in [5, 5.41) is 3.97. The summed E-state index contributed by atoms with van der Waals surface area (Å²) in [6.07, 6.45) is 0. The summed E-state index contributed by atoms with van der Waals surface area (Å²) in [5.41, 5.74) is 5.94. The van der Waals surface area contributed by atoms with E-state index in [9.17, 15) is 4.79 Å². The number of thiazole rings is 1. The van der Waals surface area contributed by atoms with Crippen molar-refractivity contribution in [2.45, 2.75) is 13.5 Å². The van der Waals surface area contributed by atoms with Crippen molar-refractivity contribution in [3.05, 3.63) is 83.4 Å². The molecular formula is C26H25N3O2S. The number of anilines is 1. The van der Waals surface area contributed by atoms with Crippen molar-refractivity contribution in [2.75, 3.05) is 31.6 Å². The minimum Gasteiger partial charge on any atom is -0.379 e. The highest BCUT2D eigenvalue weighted by Crippen LogP contribution is 2.31. The van der Waals surface area contributed by atoms with E-state index in [4.69, 9.17) is 9.72 Å². The highest BCUT2D eigenvalue weighted by molar-refractivity contribution is 7.21. The van der Waals surface area contributed by atoms with E-state index in [-0.39, 0.29) is 5.91 Å². The van der Waals surface area contributed by atoms with Crippen molar-refractivity contribution in [2.24, 2.45) is 0 Å². The van der Waals surface area contributed by atoms with Crippen molar-refractivity contribution >= 4 is 33.1 Å². The van der Waals surface area contributed by atoms with Gasteiger partial charge in [0.25, 0.3) is 5.91 Å². The molecule has 1 fully saturated rings. The van der Waals surface area contributed by atoms with Crippen LogP contribution in [0.25, 0.3) is 20.8 Å². The molecule has 1 aliphatic rings. The Morgan fingerprint density at radius 3 is 2.53 bits per heavy atom. The molecular weight excluding hydrogens is 418 g/mol. The Morgan fingerprint density at radius 2 is 1.78 bits per heavy atom. The molecule has 0 saturated carbocycles. The van der Waals surface area contributed by atoms with Gasteiger partial charge in [0.1, 0.15) is 5.01 Å². The van der Waals surface area contributed by atoms with Crippen LogP contribution >= 0.6 is 11.3 Å². The smallest absolute Gasteiger partial charge is 0.255 e. The zero-order valence-corrected chi connectivity index (χ0v) is 18.8. The van der Waals surface area contributed by atoms with Gasteiger partial charge in [0.15, 0.2) is 0 Å². The highest BCUT2D eigenvalue weighted by atomic mass is 32.1. The molecule has 162 valence electrons. The summed E-state index contributed by atoms with van der Waals surface area (Å²) in [4.78, 5) is 19.8. The summed E-state index contributed by atoms with van der Waals surface area (Å²) in [7, 11) is 0. The fraction of sp³-hybridized carbons (Fsp3) is 0.231. The van der Waals surface area contributed by atoms with Gasteiger partial charge in [-0.1, -0.05) is 18.2 Å². The number of ether oxygens (including phenoxy) is 1. The average Bonchev–Trinajstić information content (AvgIpc) is 3.24. The Hall–Kier alpha value is -3.06. The fourth-order valence-electron chi connectivity index (χ4n) is 3.83. The molecule has 0 radical (unpaired) electrons. The highest BCUT2D eigenvalue weighted by Gasteiger charge is 2.12. The quantitative estimate of drug-likeness (QED) is 0.451. The van der Waals surface area contributed by atoms with Gasteiger partial charge in [0.2, 0.25) is 0 Å². The van der Waals surface area contributed by atoms with Crippen molar-refractivity contribution in [3.8, 4) is 10.6 Å². The molecule has 5 rings (SSSR count). The van der Waals surface area contributed by atoms with Gasteiger partial charge in [-0.2, -0.15) is 0 Å². The number of carbonyl (C=O) groups is 1. The van der Waals surface area contributed by atoms with Crippen LogP contribution < -0.4 is 5.32 Å². The number of hydrogen-bond acceptors (Lipinski definition) is 5. The topological polar surface area (TPSA) is 54.5 Å². The second kappa shape index (κ2) is 9.20. The Kier molecular flexibility index (Phi) is 5.99. The van der Waals surface area contributed by atoms with Crippen molar-refractivity contribution in [3.63, 3.8) is 0 Å². The van der Waals surface area contributed by atoms with Crippen molar-refractivity contribution in [1.29, 1.82) is 0 Å². The lowest BCUT2D eigenvalue weighted by atomic mass is 10.1. The second-order valence-electron chi connectivity index (χ2n) is 8.11. The van der Waals surface area contributed by atoms with Crippen LogP contribution in [-0.4, -0.2) is 42.1 Å². The Balaban J connectivity index is 1.23. The van der Waals surface area contributed by atoms with Gasteiger partial charge in [-0.3, -0.25) is 9.69 Å². The monoisotopic (exact) mass is 443 g/mol. The maximum absolute atomic E-state index is 12.7. The Morgan fingerprint density at radius 1 is 1.03 bits per heavy atom. The van der Waals surface area contributed by atoms with Gasteiger partial charge in [-0.05, 0) is 66.6 Å². The first-order chi connectivity index (χ1) is 15.6. The maximum atomic E-state index is 12.7. The van der Waals surface area contributed by atoms with Gasteiger partial charge in [-0.25, -0.2) is 4.98 Å². The molecule has 1 amide bonds. The number of nitrogens with one attached hydrogen (secondary N) is 1. The normalized spacial score (nSPS) is 14.5. The number of aromatic nitrogens is 1. The lowest BCUT2D eigenvalue weighted by molar-refractivity contribution is 0.0342. The molecule has 1 aromatic heterocycles. The van der Waals surface area contributed by atoms with Crippen molar-refractivity contribution in [1.82, 2.24) is 9.88 Å². The first-order valence-electron chi connectivity index (χ1n) is 10.8. The number of aryl methyl sites for hydroxylation is 1. The summed E-state index contributed by atoms with van der Waals surface area (Å²) in [6, 6.07) is 22.0. The second-order valence-corrected chi connectivity index (χ2v) is 9.14. The number of hydrogen-bond donors (Lipinski definition) is 1. The summed E-state index contributed by atoms with van der Waals surface area (Å²) in [5.74, 6) is -0.105. The van der Waals surface area contributed by atoms with E-state index in [1.165, 1.54) is 15.8 Å². The molecule has 5 nitrogen and oxygen atoms in total. The van der Waals surface area contributed by atoms with E-state index >= 15 is 0 Å². The van der Waals surface area contributed by atoms with Crippen LogP contribution in [-0.2, 0) is 11.3 Å². The Bertz CT molecular complexity index is 1230. The van der Waals surface area contributed by atoms with E-state index in [1.54, 1.807) is 11.3 Å². The van der Waals surface area contributed by atoms with Crippen LogP contribution in [0.2, 0.25) is 0 Å². The van der Waals surface area contributed by atoms with Gasteiger partial charge in [0.05, 0.1) is 23.4 Å². The number of amides is 1. The van der Waals surface area contributed by atoms with E-state index in [0.717, 1.165) is 54.6 Å². The average molecular weight is 444 g/mol. The van der Waals surface area contributed by atoms with Crippen LogP contribution in [0, 0.1) is 6.92 Å². The zero-order chi connectivity index (χ0) is 21.9. The molecule has 0 unspecified atom stereocenters. The standard InChI is InChI=1S/C26H25N3O2S/c1-18-2-11-23-24(16-18)32-26(28-23)21-7-9-22(10-8-21)27-25(30)20-5-3-19(4-6-20)17-29-12-14-31-15-13-29/h2-11,16H,12-15,17H2,1H3,(H,27,30). The van der Waals surface area contributed by atoms with Gasteiger partial charge in [-0.15, -0.1) is 11.3 Å². The molecule has 0 bridgehead atoms. The van der Waals surface area contributed by atoms with Crippen LogP contribution in [0.4, 0.5) is 5.69 Å². The minimum absolute atomic E-state index is 0.105. The predicted octanol–water partition coefficient (Wildman–Crippen LogP) is 5.36. The molecule has 0 aliphatic carbocycles. The zero-order valence-electron chi connectivity index (χ0n) is 18.0.